The third-order valence-electron chi connectivity index (χ3n) is 4.96. The molecule has 0 aliphatic carbocycles. The Morgan fingerprint density at radius 2 is 1.93 bits per heavy atom. The summed E-state index contributed by atoms with van der Waals surface area (Å²) in [5.41, 5.74) is 2.80. The lowest BCUT2D eigenvalue weighted by molar-refractivity contribution is -0.134. The van der Waals surface area contributed by atoms with Crippen LogP contribution >= 0.6 is 0 Å². The van der Waals surface area contributed by atoms with Crippen molar-refractivity contribution in [2.24, 2.45) is 0 Å². The molecule has 2 atom stereocenters. The van der Waals surface area contributed by atoms with Crippen molar-refractivity contribution in [3.05, 3.63) is 59.2 Å². The van der Waals surface area contributed by atoms with Gasteiger partial charge in [0.25, 0.3) is 0 Å². The van der Waals surface area contributed by atoms with Crippen molar-refractivity contribution in [2.45, 2.75) is 58.3 Å². The van der Waals surface area contributed by atoms with Gasteiger partial charge < -0.3 is 19.9 Å². The average Bonchev–Trinajstić information content (AvgIpc) is 2.64. The molecule has 1 amide bonds. The van der Waals surface area contributed by atoms with E-state index in [9.17, 15) is 9.90 Å². The van der Waals surface area contributed by atoms with E-state index in [1.807, 2.05) is 70.2 Å². The molecule has 2 aromatic carbocycles. The van der Waals surface area contributed by atoms with Gasteiger partial charge in [-0.05, 0) is 51.0 Å². The van der Waals surface area contributed by atoms with Crippen molar-refractivity contribution in [1.29, 1.82) is 0 Å². The average molecular weight is 383 g/mol. The number of amides is 1. The Kier molecular flexibility index (Phi) is 6.06. The molecule has 0 aromatic heterocycles. The first-order valence-corrected chi connectivity index (χ1v) is 9.78. The lowest BCUT2D eigenvalue weighted by Gasteiger charge is -2.42. The van der Waals surface area contributed by atoms with Crippen LogP contribution in [0.5, 0.6) is 5.75 Å². The van der Waals surface area contributed by atoms with Gasteiger partial charge in [-0.2, -0.15) is 0 Å². The molecule has 1 aliphatic rings. The summed E-state index contributed by atoms with van der Waals surface area (Å²) in [4.78, 5) is 12.4. The molecule has 3 rings (SSSR count). The normalized spacial score (nSPS) is 20.2. The van der Waals surface area contributed by atoms with Crippen LogP contribution in [0.3, 0.4) is 0 Å². The van der Waals surface area contributed by atoms with E-state index >= 15 is 0 Å². The van der Waals surface area contributed by atoms with E-state index in [4.69, 9.17) is 9.47 Å². The highest BCUT2D eigenvalue weighted by Gasteiger charge is 2.43. The predicted molar refractivity (Wildman–Crippen MR) is 110 cm³/mol. The summed E-state index contributed by atoms with van der Waals surface area (Å²) < 4.78 is 11.9. The number of anilines is 1. The topological polar surface area (TPSA) is 67.8 Å². The maximum absolute atomic E-state index is 12.4. The summed E-state index contributed by atoms with van der Waals surface area (Å²) in [6.45, 7) is 8.28. The van der Waals surface area contributed by atoms with Gasteiger partial charge in [-0.3, -0.25) is 4.79 Å². The quantitative estimate of drug-likeness (QED) is 0.785. The number of nitrogens with one attached hydrogen (secondary N) is 1. The zero-order valence-electron chi connectivity index (χ0n) is 17.0. The van der Waals surface area contributed by atoms with Crippen molar-refractivity contribution >= 4 is 11.6 Å². The van der Waals surface area contributed by atoms with E-state index in [0.717, 1.165) is 17.5 Å². The molecule has 0 saturated carbocycles. The SMILES string of the molecule is CCCO[C@H]1c2cc(NC(=O)Cc3ccc(C)cc3)ccc2OC(C)(C)[C@@H]1O. The molecule has 150 valence electrons. The molecule has 0 fully saturated rings. The number of rotatable bonds is 6. The number of aryl methyl sites for hydroxylation is 1. The number of aliphatic hydroxyl groups is 1. The van der Waals surface area contributed by atoms with Crippen molar-refractivity contribution in [2.75, 3.05) is 11.9 Å². The number of aliphatic hydroxyl groups excluding tert-OH is 1. The third kappa shape index (κ3) is 4.54. The zero-order chi connectivity index (χ0) is 20.3. The standard InChI is InChI=1S/C23H29NO4/c1-5-12-27-21-18-14-17(10-11-19(18)28-23(3,4)22(21)26)24-20(25)13-16-8-6-15(2)7-9-16/h6-11,14,21-22,26H,5,12-13H2,1-4H3,(H,24,25)/t21-,22+/m0/s1. The van der Waals surface area contributed by atoms with Crippen LogP contribution in [-0.2, 0) is 16.0 Å². The maximum atomic E-state index is 12.4. The Labute approximate surface area is 166 Å². The number of hydrogen-bond donors (Lipinski definition) is 2. The Hall–Kier alpha value is -2.37. The molecular weight excluding hydrogens is 354 g/mol. The molecule has 2 N–H and O–H groups in total. The van der Waals surface area contributed by atoms with E-state index in [1.54, 1.807) is 0 Å². The minimum atomic E-state index is -0.801. The van der Waals surface area contributed by atoms with Crippen LogP contribution < -0.4 is 10.1 Å². The van der Waals surface area contributed by atoms with Gasteiger partial charge in [0.05, 0.1) is 6.42 Å². The molecule has 0 unspecified atom stereocenters. The minimum absolute atomic E-state index is 0.0903. The van der Waals surface area contributed by atoms with Crippen LogP contribution in [0.2, 0.25) is 0 Å². The molecule has 2 aromatic rings. The lowest BCUT2D eigenvalue weighted by Crippen LogP contribution is -2.49. The Morgan fingerprint density at radius 3 is 2.61 bits per heavy atom. The third-order valence-corrected chi connectivity index (χ3v) is 4.96. The van der Waals surface area contributed by atoms with E-state index in [0.29, 0.717) is 24.5 Å². The van der Waals surface area contributed by atoms with E-state index < -0.39 is 17.8 Å². The molecule has 28 heavy (non-hydrogen) atoms. The van der Waals surface area contributed by atoms with Crippen molar-refractivity contribution in [3.8, 4) is 5.75 Å². The molecule has 1 aliphatic heterocycles. The zero-order valence-corrected chi connectivity index (χ0v) is 17.0. The maximum Gasteiger partial charge on any atom is 0.228 e. The number of ether oxygens (including phenoxy) is 2. The Balaban J connectivity index is 1.78. The van der Waals surface area contributed by atoms with Crippen LogP contribution in [0.1, 0.15) is 50.0 Å². The molecule has 5 nitrogen and oxygen atoms in total. The monoisotopic (exact) mass is 383 g/mol. The highest BCUT2D eigenvalue weighted by Crippen LogP contribution is 2.42. The summed E-state index contributed by atoms with van der Waals surface area (Å²) in [6.07, 6.45) is -0.135. The predicted octanol–water partition coefficient (Wildman–Crippen LogP) is 4.18. The second-order valence-electron chi connectivity index (χ2n) is 7.90. The molecule has 1 heterocycles. The largest absolute Gasteiger partial charge is 0.485 e. The number of fused-ring (bicyclic) bond motifs is 1. The summed E-state index contributed by atoms with van der Waals surface area (Å²) in [6, 6.07) is 13.4. The minimum Gasteiger partial charge on any atom is -0.485 e. The number of benzene rings is 2. The van der Waals surface area contributed by atoms with Crippen LogP contribution in [0.25, 0.3) is 0 Å². The van der Waals surface area contributed by atoms with Crippen molar-refractivity contribution in [3.63, 3.8) is 0 Å². The lowest BCUT2D eigenvalue weighted by atomic mass is 9.88. The van der Waals surface area contributed by atoms with E-state index in [1.165, 1.54) is 5.56 Å². The highest BCUT2D eigenvalue weighted by molar-refractivity contribution is 5.92. The first-order valence-electron chi connectivity index (χ1n) is 9.78. The van der Waals surface area contributed by atoms with Crippen LogP contribution in [-0.4, -0.2) is 29.3 Å². The Bertz CT molecular complexity index is 829. The number of carbonyl (C=O) groups excluding carboxylic acids is 1. The fraction of sp³-hybridized carbons (Fsp3) is 0.435. The number of hydrogen-bond acceptors (Lipinski definition) is 4. The van der Waals surface area contributed by atoms with E-state index in [2.05, 4.69) is 5.32 Å². The second kappa shape index (κ2) is 8.33. The van der Waals surface area contributed by atoms with Gasteiger partial charge in [-0.1, -0.05) is 36.8 Å². The van der Waals surface area contributed by atoms with Gasteiger partial charge in [0.15, 0.2) is 0 Å². The number of carbonyl (C=O) groups is 1. The Morgan fingerprint density at radius 1 is 1.21 bits per heavy atom. The molecule has 0 bridgehead atoms. The van der Waals surface area contributed by atoms with Gasteiger partial charge in [-0.25, -0.2) is 0 Å². The van der Waals surface area contributed by atoms with Gasteiger partial charge in [0.2, 0.25) is 5.91 Å². The van der Waals surface area contributed by atoms with Gasteiger partial charge in [0.1, 0.15) is 23.6 Å². The van der Waals surface area contributed by atoms with E-state index in [-0.39, 0.29) is 5.91 Å². The molecule has 0 radical (unpaired) electrons. The smallest absolute Gasteiger partial charge is 0.228 e. The summed E-state index contributed by atoms with van der Waals surface area (Å²) in [7, 11) is 0. The van der Waals surface area contributed by atoms with Crippen LogP contribution in [0, 0.1) is 6.92 Å². The van der Waals surface area contributed by atoms with Crippen molar-refractivity contribution in [1.82, 2.24) is 0 Å². The first-order chi connectivity index (χ1) is 13.3. The van der Waals surface area contributed by atoms with Gasteiger partial charge in [0, 0.05) is 17.9 Å². The fourth-order valence-electron chi connectivity index (χ4n) is 3.34. The van der Waals surface area contributed by atoms with Crippen LogP contribution in [0.4, 0.5) is 5.69 Å². The van der Waals surface area contributed by atoms with Crippen LogP contribution in [0.15, 0.2) is 42.5 Å². The summed E-state index contributed by atoms with van der Waals surface area (Å²) in [5, 5.41) is 13.7. The summed E-state index contributed by atoms with van der Waals surface area (Å²) in [5.74, 6) is 0.584. The molecule has 5 heteroatoms. The molecular formula is C23H29NO4. The second-order valence-corrected chi connectivity index (χ2v) is 7.90. The fourth-order valence-corrected chi connectivity index (χ4v) is 3.34. The molecule has 0 spiro atoms. The highest BCUT2D eigenvalue weighted by atomic mass is 16.5. The van der Waals surface area contributed by atoms with Gasteiger partial charge >= 0.3 is 0 Å². The van der Waals surface area contributed by atoms with Gasteiger partial charge in [-0.15, -0.1) is 0 Å². The van der Waals surface area contributed by atoms with Crippen molar-refractivity contribution < 1.29 is 19.4 Å². The molecule has 0 saturated heterocycles. The first kappa shape index (κ1) is 20.4. The summed E-state index contributed by atoms with van der Waals surface area (Å²) >= 11 is 0.